The fraction of sp³-hybridized carbons (Fsp3) is 0.400. The van der Waals surface area contributed by atoms with Crippen LogP contribution in [0.5, 0.6) is 0 Å². The molecule has 0 saturated carbocycles. The average molecular weight is 236 g/mol. The Morgan fingerprint density at radius 1 is 0.938 bits per heavy atom. The molecule has 0 amide bonds. The van der Waals surface area contributed by atoms with Gasteiger partial charge in [-0.25, -0.2) is 9.59 Å². The molecule has 0 spiro atoms. The highest BCUT2D eigenvalue weighted by Gasteiger charge is 1.90. The highest BCUT2D eigenvalue weighted by atomic mass is 16.4. The van der Waals surface area contributed by atoms with Gasteiger partial charge >= 0.3 is 11.9 Å². The first-order valence-corrected chi connectivity index (χ1v) is 4.20. The summed E-state index contributed by atoms with van der Waals surface area (Å²) in [6, 6.07) is 0. The molecule has 0 aromatic rings. The van der Waals surface area contributed by atoms with Crippen molar-refractivity contribution in [1.29, 1.82) is 0 Å². The second-order valence-electron chi connectivity index (χ2n) is 2.62. The number of carbonyl (C=O) groups is 2. The zero-order valence-electron chi connectivity index (χ0n) is 10.4. The van der Waals surface area contributed by atoms with Crippen LogP contribution in [0, 0.1) is 0 Å². The van der Waals surface area contributed by atoms with Gasteiger partial charge < -0.3 is 20.4 Å². The molecule has 0 heterocycles. The van der Waals surface area contributed by atoms with Crippen LogP contribution >= 0.6 is 0 Å². The summed E-state index contributed by atoms with van der Waals surface area (Å²) in [4.78, 5) is 19.2. The van der Waals surface area contributed by atoms with Gasteiger partial charge in [0.15, 0.2) is 0 Å². The van der Waals surface area contributed by atoms with Gasteiger partial charge in [-0.15, -0.1) is 0 Å². The lowest BCUT2D eigenvalue weighted by Gasteiger charge is -1.79. The lowest BCUT2D eigenvalue weighted by molar-refractivity contribution is -0.133. The molecule has 0 saturated heterocycles. The minimum Gasteiger partial charge on any atom is -0.478 e. The van der Waals surface area contributed by atoms with Crippen molar-refractivity contribution >= 4 is 11.9 Å². The molecule has 1 radical (unpaired) electrons. The van der Waals surface area contributed by atoms with Gasteiger partial charge in [-0.1, -0.05) is 13.2 Å². The molecule has 0 fully saturated rings. The molecule has 0 aromatic heterocycles. The van der Waals surface area contributed by atoms with Gasteiger partial charge in [0.25, 0.3) is 0 Å². The van der Waals surface area contributed by atoms with E-state index in [1.165, 1.54) is 13.8 Å². The quantitative estimate of drug-likeness (QED) is 0.526. The molecule has 6 heteroatoms. The van der Waals surface area contributed by atoms with E-state index < -0.39 is 11.9 Å². The van der Waals surface area contributed by atoms with Crippen molar-refractivity contribution in [1.82, 2.24) is 0 Å². The summed E-state index contributed by atoms with van der Waals surface area (Å²) in [6.45, 7) is 8.95. The molecule has 0 aliphatic carbocycles. The Bertz CT molecular complexity index is 199. The fourth-order valence-corrected chi connectivity index (χ4v) is 0. The van der Waals surface area contributed by atoms with Crippen LogP contribution in [0.3, 0.4) is 0 Å². The zero-order valence-corrected chi connectivity index (χ0v) is 9.43. The highest BCUT2D eigenvalue weighted by Crippen LogP contribution is 1.81. The summed E-state index contributed by atoms with van der Waals surface area (Å²) < 4.78 is 0. The number of hydrogen-bond acceptors (Lipinski definition) is 4. The van der Waals surface area contributed by atoms with Crippen LogP contribution in [0.15, 0.2) is 24.3 Å². The third kappa shape index (κ3) is 29.5. The first-order chi connectivity index (χ1) is 7.20. The van der Waals surface area contributed by atoms with E-state index in [4.69, 9.17) is 20.4 Å². The van der Waals surface area contributed by atoms with Gasteiger partial charge in [-0.2, -0.15) is 0 Å². The Morgan fingerprint density at radius 3 is 1.06 bits per heavy atom. The van der Waals surface area contributed by atoms with E-state index in [0.29, 0.717) is 0 Å². The van der Waals surface area contributed by atoms with Crippen molar-refractivity contribution in [2.45, 2.75) is 13.8 Å². The fourth-order valence-electron chi connectivity index (χ4n) is 0. The zero-order chi connectivity index (χ0) is 13.7. The predicted octanol–water partition coefficient (Wildman–Crippen LogP) is 0.378. The number of hydrogen-bond donors (Lipinski definition) is 4. The molecular weight excluding hydrogens is 216 g/mol. The number of rotatable bonds is 3. The minimum absolute atomic E-state index is 0. The van der Waals surface area contributed by atoms with Gasteiger partial charge in [0, 0.05) is 12.6 Å². The van der Waals surface area contributed by atoms with Gasteiger partial charge in [-0.05, 0) is 13.8 Å². The molecule has 0 atom stereocenters. The normalized spacial score (nSPS) is 7.50. The second kappa shape index (κ2) is 13.3. The first kappa shape index (κ1) is 19.8. The summed E-state index contributed by atoms with van der Waals surface area (Å²) >= 11 is 0. The van der Waals surface area contributed by atoms with Gasteiger partial charge in [0.05, 0.1) is 13.2 Å². The van der Waals surface area contributed by atoms with E-state index in [0.717, 1.165) is 0 Å². The predicted molar refractivity (Wildman–Crippen MR) is 60.2 cm³/mol. The van der Waals surface area contributed by atoms with Crippen molar-refractivity contribution in [2.75, 3.05) is 13.2 Å². The minimum atomic E-state index is -0.935. The monoisotopic (exact) mass is 236 g/mol. The Morgan fingerprint density at radius 2 is 1.06 bits per heavy atom. The SMILES string of the molecule is C=C(C)C(=O)O.C=C(C)C(=O)O.OCCO.[2H]. The molecule has 6 nitrogen and oxygen atoms in total. The maximum Gasteiger partial charge on any atom is 0.330 e. The smallest absolute Gasteiger partial charge is 0.330 e. The Balaban J connectivity index is -0.0000000741. The Labute approximate surface area is 95.6 Å². The number of aliphatic carboxylic acids is 2. The molecule has 0 rings (SSSR count). The summed E-state index contributed by atoms with van der Waals surface area (Å²) in [7, 11) is 0. The first-order valence-electron chi connectivity index (χ1n) is 4.20. The maximum absolute atomic E-state index is 9.60. The molecule has 16 heavy (non-hydrogen) atoms. The van der Waals surface area contributed by atoms with Crippen LogP contribution in [0.2, 0.25) is 0 Å². The Hall–Kier alpha value is -1.66. The average Bonchev–Trinajstić information content (AvgIpc) is 2.18. The molecule has 0 unspecified atom stereocenters. The van der Waals surface area contributed by atoms with Crippen LogP contribution in [-0.2, 0) is 9.59 Å². The third-order valence-corrected chi connectivity index (χ3v) is 0.830. The Kier molecular flexibility index (Phi) is 16.5. The summed E-state index contributed by atoms with van der Waals surface area (Å²) in [6.07, 6.45) is 0. The van der Waals surface area contributed by atoms with Crippen LogP contribution in [0.1, 0.15) is 15.3 Å². The summed E-state index contributed by atoms with van der Waals surface area (Å²) in [5, 5.41) is 31.0. The van der Waals surface area contributed by atoms with Crippen LogP contribution in [0.4, 0.5) is 0 Å². The number of aliphatic hydroxyl groups excluding tert-OH is 2. The molecule has 95 valence electrons. The van der Waals surface area contributed by atoms with E-state index in [9.17, 15) is 9.59 Å². The van der Waals surface area contributed by atoms with E-state index >= 15 is 0 Å². The van der Waals surface area contributed by atoms with E-state index in [2.05, 4.69) is 13.2 Å². The molecule has 0 aliphatic rings. The number of carboxylic acids is 2. The summed E-state index contributed by atoms with van der Waals surface area (Å²) in [5.41, 5.74) is 0.352. The van der Waals surface area contributed by atoms with Crippen molar-refractivity contribution < 1.29 is 31.4 Å². The molecular formula is C10H19O6. The lowest BCUT2D eigenvalue weighted by atomic mass is 10.4. The van der Waals surface area contributed by atoms with Crippen molar-refractivity contribution in [2.24, 2.45) is 0 Å². The van der Waals surface area contributed by atoms with E-state index in [-0.39, 0.29) is 25.8 Å². The topological polar surface area (TPSA) is 115 Å². The van der Waals surface area contributed by atoms with Gasteiger partial charge in [0.2, 0.25) is 0 Å². The van der Waals surface area contributed by atoms with E-state index in [1.54, 1.807) is 0 Å². The molecule has 4 N–H and O–H groups in total. The number of carboxylic acid groups (broad SMARTS) is 2. The third-order valence-electron chi connectivity index (χ3n) is 0.830. The summed E-state index contributed by atoms with van der Waals surface area (Å²) in [5.74, 6) is -1.87. The van der Waals surface area contributed by atoms with Crippen LogP contribution in [0.25, 0.3) is 0 Å². The lowest BCUT2D eigenvalue weighted by Crippen LogP contribution is -1.92. The van der Waals surface area contributed by atoms with E-state index in [1.807, 2.05) is 0 Å². The van der Waals surface area contributed by atoms with Gasteiger partial charge in [0.1, 0.15) is 0 Å². The van der Waals surface area contributed by atoms with Crippen molar-refractivity contribution in [3.8, 4) is 0 Å². The second-order valence-corrected chi connectivity index (χ2v) is 2.62. The molecule has 0 bridgehead atoms. The maximum atomic E-state index is 9.60. The molecule has 0 aromatic carbocycles. The van der Waals surface area contributed by atoms with Crippen molar-refractivity contribution in [3.05, 3.63) is 24.3 Å². The highest BCUT2D eigenvalue weighted by molar-refractivity contribution is 5.85. The number of aliphatic hydroxyl groups is 2. The van der Waals surface area contributed by atoms with Gasteiger partial charge in [-0.3, -0.25) is 0 Å². The van der Waals surface area contributed by atoms with Crippen LogP contribution in [-0.4, -0.2) is 45.6 Å². The van der Waals surface area contributed by atoms with Crippen molar-refractivity contribution in [3.63, 3.8) is 0 Å². The molecule has 0 aliphatic heterocycles. The standard InChI is InChI=1S/2C4H6O2.C2H6O2.H/c2*1-3(2)4(5)6;3-1-2-4;/h2*1H2,2H3,(H,5,6);3-4H,1-2H2;/i;;;1+1. The largest absolute Gasteiger partial charge is 0.478 e. The van der Waals surface area contributed by atoms with Crippen LogP contribution < -0.4 is 0 Å².